The molecule has 2 N–H and O–H groups in total. The molecule has 0 amide bonds. The van der Waals surface area contributed by atoms with Gasteiger partial charge in [0.15, 0.2) is 5.11 Å². The van der Waals surface area contributed by atoms with Gasteiger partial charge in [0.05, 0.1) is 12.3 Å². The Kier molecular flexibility index (Phi) is 7.56. The van der Waals surface area contributed by atoms with E-state index in [1.165, 1.54) is 5.56 Å². The summed E-state index contributed by atoms with van der Waals surface area (Å²) < 4.78 is 17.8. The lowest BCUT2D eigenvalue weighted by Gasteiger charge is -2.33. The molecule has 1 heterocycles. The molecule has 182 valence electrons. The van der Waals surface area contributed by atoms with Gasteiger partial charge >= 0.3 is 0 Å². The minimum absolute atomic E-state index is 0.388. The number of benzene rings is 3. The van der Waals surface area contributed by atoms with Crippen molar-refractivity contribution < 1.29 is 14.2 Å². The number of hydrogen-bond acceptors (Lipinski definition) is 5. The van der Waals surface area contributed by atoms with Gasteiger partial charge in [-0.05, 0) is 93.5 Å². The van der Waals surface area contributed by atoms with E-state index >= 15 is 0 Å². The molecule has 6 nitrogen and oxygen atoms in total. The fraction of sp³-hybridized carbons (Fsp3) is 0.286. The lowest BCUT2D eigenvalue weighted by Crippen LogP contribution is -2.37. The maximum absolute atomic E-state index is 6.20. The normalized spacial score (nSPS) is 15.0. The van der Waals surface area contributed by atoms with E-state index in [2.05, 4.69) is 34.9 Å². The Balaban J connectivity index is 1.47. The van der Waals surface area contributed by atoms with Gasteiger partial charge in [-0.25, -0.2) is 0 Å². The van der Waals surface area contributed by atoms with Gasteiger partial charge in [-0.3, -0.25) is 5.43 Å². The summed E-state index contributed by atoms with van der Waals surface area (Å²) in [6, 6.07) is 21.7. The zero-order valence-corrected chi connectivity index (χ0v) is 21.4. The van der Waals surface area contributed by atoms with Crippen LogP contribution in [0.3, 0.4) is 0 Å². The van der Waals surface area contributed by atoms with E-state index in [0.717, 1.165) is 39.8 Å². The van der Waals surface area contributed by atoms with Crippen LogP contribution in [0.25, 0.3) is 0 Å². The molecular weight excluding hydrogens is 458 g/mol. The molecule has 35 heavy (non-hydrogen) atoms. The standard InChI is InChI=1S/C28H31N3O3S/c1-5-32-22-12-10-21(11-13-22)29-27(35)31-30-25-17-28(3,4)34-26-15-14-23(16-24(25)26)33-18-20-9-7-6-8-19(20)2/h6-16H,5,17-18H2,1-4H3,(H2,29,31,35). The Bertz CT molecular complexity index is 1220. The molecule has 7 heteroatoms. The van der Waals surface area contributed by atoms with E-state index in [1.807, 2.05) is 75.4 Å². The van der Waals surface area contributed by atoms with Crippen molar-refractivity contribution in [2.75, 3.05) is 11.9 Å². The van der Waals surface area contributed by atoms with Crippen LogP contribution in [0, 0.1) is 6.92 Å². The third kappa shape index (κ3) is 6.51. The zero-order chi connectivity index (χ0) is 24.8. The van der Waals surface area contributed by atoms with E-state index in [0.29, 0.717) is 24.7 Å². The fourth-order valence-electron chi connectivity index (χ4n) is 3.86. The molecule has 0 aromatic heterocycles. The second-order valence-electron chi connectivity index (χ2n) is 8.99. The van der Waals surface area contributed by atoms with Gasteiger partial charge in [0, 0.05) is 17.7 Å². The Hall–Kier alpha value is -3.58. The van der Waals surface area contributed by atoms with Crippen molar-refractivity contribution in [3.63, 3.8) is 0 Å². The van der Waals surface area contributed by atoms with Gasteiger partial charge in [0.2, 0.25) is 0 Å². The van der Waals surface area contributed by atoms with Crippen molar-refractivity contribution in [1.29, 1.82) is 0 Å². The third-order valence-corrected chi connectivity index (χ3v) is 5.81. The van der Waals surface area contributed by atoms with E-state index in [4.69, 9.17) is 26.4 Å². The molecule has 0 saturated heterocycles. The predicted molar refractivity (Wildman–Crippen MR) is 145 cm³/mol. The number of nitrogens with zero attached hydrogens (tertiary/aromatic N) is 1. The third-order valence-electron chi connectivity index (χ3n) is 5.61. The highest BCUT2D eigenvalue weighted by Gasteiger charge is 2.31. The predicted octanol–water partition coefficient (Wildman–Crippen LogP) is 6.22. The van der Waals surface area contributed by atoms with Crippen molar-refractivity contribution in [2.45, 2.75) is 46.3 Å². The van der Waals surface area contributed by atoms with Crippen molar-refractivity contribution in [2.24, 2.45) is 5.10 Å². The van der Waals surface area contributed by atoms with Crippen LogP contribution in [0.5, 0.6) is 17.2 Å². The first-order valence-corrected chi connectivity index (χ1v) is 12.1. The summed E-state index contributed by atoms with van der Waals surface area (Å²) in [6.07, 6.45) is 0.625. The number of anilines is 1. The lowest BCUT2D eigenvalue weighted by atomic mass is 9.92. The highest BCUT2D eigenvalue weighted by molar-refractivity contribution is 7.80. The van der Waals surface area contributed by atoms with Crippen LogP contribution in [-0.4, -0.2) is 23.0 Å². The van der Waals surface area contributed by atoms with Crippen LogP contribution in [0.2, 0.25) is 0 Å². The SMILES string of the molecule is CCOc1ccc(NC(=S)NN=C2CC(C)(C)Oc3ccc(OCc4ccccc4C)cc32)cc1. The maximum Gasteiger partial charge on any atom is 0.191 e. The number of rotatable bonds is 7. The van der Waals surface area contributed by atoms with E-state index in [9.17, 15) is 0 Å². The van der Waals surface area contributed by atoms with Crippen molar-refractivity contribution >= 4 is 28.7 Å². The molecule has 0 fully saturated rings. The van der Waals surface area contributed by atoms with Gasteiger partial charge < -0.3 is 19.5 Å². The molecule has 0 bridgehead atoms. The fourth-order valence-corrected chi connectivity index (χ4v) is 4.02. The number of fused-ring (bicyclic) bond motifs is 1. The Morgan fingerprint density at radius 3 is 2.51 bits per heavy atom. The number of ether oxygens (including phenoxy) is 3. The second-order valence-corrected chi connectivity index (χ2v) is 9.40. The minimum atomic E-state index is -0.388. The Morgan fingerprint density at radius 2 is 1.77 bits per heavy atom. The van der Waals surface area contributed by atoms with Gasteiger partial charge in [0.25, 0.3) is 0 Å². The zero-order valence-electron chi connectivity index (χ0n) is 20.6. The van der Waals surface area contributed by atoms with Crippen molar-refractivity contribution in [1.82, 2.24) is 5.43 Å². The monoisotopic (exact) mass is 489 g/mol. The molecule has 0 unspecified atom stereocenters. The summed E-state index contributed by atoms with van der Waals surface area (Å²) >= 11 is 5.46. The average molecular weight is 490 g/mol. The molecule has 3 aromatic carbocycles. The van der Waals surface area contributed by atoms with Gasteiger partial charge in [-0.1, -0.05) is 24.3 Å². The van der Waals surface area contributed by atoms with Crippen LogP contribution in [0.15, 0.2) is 71.8 Å². The van der Waals surface area contributed by atoms with Crippen LogP contribution in [0.4, 0.5) is 5.69 Å². The number of thiocarbonyl (C=S) groups is 1. The summed E-state index contributed by atoms with van der Waals surface area (Å²) in [5.74, 6) is 2.35. The van der Waals surface area contributed by atoms with E-state index < -0.39 is 0 Å². The highest BCUT2D eigenvalue weighted by Crippen LogP contribution is 2.35. The van der Waals surface area contributed by atoms with Crippen LogP contribution in [0.1, 0.15) is 43.9 Å². The maximum atomic E-state index is 6.20. The quantitative estimate of drug-likeness (QED) is 0.303. The number of nitrogens with one attached hydrogen (secondary N) is 2. The second kappa shape index (κ2) is 10.8. The molecule has 3 aromatic rings. The first kappa shape index (κ1) is 24.5. The first-order chi connectivity index (χ1) is 16.8. The van der Waals surface area contributed by atoms with E-state index in [1.54, 1.807) is 0 Å². The van der Waals surface area contributed by atoms with Crippen LogP contribution in [-0.2, 0) is 6.61 Å². The molecule has 0 spiro atoms. The summed E-state index contributed by atoms with van der Waals surface area (Å²) in [6.45, 7) is 9.26. The topological polar surface area (TPSA) is 64.1 Å². The van der Waals surface area contributed by atoms with E-state index in [-0.39, 0.29) is 5.60 Å². The molecular formula is C28H31N3O3S. The Labute approximate surface area is 212 Å². The first-order valence-electron chi connectivity index (χ1n) is 11.7. The Morgan fingerprint density at radius 1 is 1.03 bits per heavy atom. The molecule has 0 aliphatic carbocycles. The molecule has 1 aliphatic heterocycles. The average Bonchev–Trinajstić information content (AvgIpc) is 2.83. The summed E-state index contributed by atoms with van der Waals surface area (Å²) in [7, 11) is 0. The van der Waals surface area contributed by atoms with Gasteiger partial charge in [0.1, 0.15) is 29.5 Å². The van der Waals surface area contributed by atoms with Crippen molar-refractivity contribution in [3.8, 4) is 17.2 Å². The number of hydrazone groups is 1. The molecule has 0 radical (unpaired) electrons. The number of hydrogen-bond donors (Lipinski definition) is 2. The summed E-state index contributed by atoms with van der Waals surface area (Å²) in [4.78, 5) is 0. The van der Waals surface area contributed by atoms with Crippen LogP contribution < -0.4 is 25.0 Å². The van der Waals surface area contributed by atoms with Gasteiger partial charge in [-0.2, -0.15) is 5.10 Å². The highest BCUT2D eigenvalue weighted by atomic mass is 32.1. The molecule has 4 rings (SSSR count). The minimum Gasteiger partial charge on any atom is -0.494 e. The van der Waals surface area contributed by atoms with Crippen molar-refractivity contribution in [3.05, 3.63) is 83.4 Å². The molecule has 1 aliphatic rings. The molecule has 0 atom stereocenters. The molecule has 0 saturated carbocycles. The smallest absolute Gasteiger partial charge is 0.191 e. The largest absolute Gasteiger partial charge is 0.494 e. The number of aryl methyl sites for hydroxylation is 1. The van der Waals surface area contributed by atoms with Crippen LogP contribution >= 0.6 is 12.2 Å². The lowest BCUT2D eigenvalue weighted by molar-refractivity contribution is 0.111. The van der Waals surface area contributed by atoms with Gasteiger partial charge in [-0.15, -0.1) is 0 Å². The summed E-state index contributed by atoms with van der Waals surface area (Å²) in [5.41, 5.74) is 7.56. The summed E-state index contributed by atoms with van der Waals surface area (Å²) in [5, 5.41) is 8.19.